The van der Waals surface area contributed by atoms with Crippen LogP contribution in [0.2, 0.25) is 0 Å². The molecule has 4 rings (SSSR count). The van der Waals surface area contributed by atoms with E-state index in [1.165, 1.54) is 11.1 Å². The van der Waals surface area contributed by atoms with E-state index < -0.39 is 0 Å². The SMILES string of the molecule is Cc1cccc(CN2CCN(C(=O)CN3CCCC(C(=O)Nc4ccccc4)C3)CC2)c1. The van der Waals surface area contributed by atoms with Crippen molar-refractivity contribution in [1.82, 2.24) is 14.7 Å². The van der Waals surface area contributed by atoms with E-state index in [4.69, 9.17) is 0 Å². The summed E-state index contributed by atoms with van der Waals surface area (Å²) in [6.07, 6.45) is 1.82. The Morgan fingerprint density at radius 3 is 2.47 bits per heavy atom. The molecule has 6 heteroatoms. The number of carbonyl (C=O) groups is 2. The van der Waals surface area contributed by atoms with Gasteiger partial charge in [-0.2, -0.15) is 0 Å². The van der Waals surface area contributed by atoms with Crippen molar-refractivity contribution in [2.24, 2.45) is 5.92 Å². The zero-order valence-corrected chi connectivity index (χ0v) is 19.0. The van der Waals surface area contributed by atoms with Gasteiger partial charge in [0.1, 0.15) is 0 Å². The van der Waals surface area contributed by atoms with Crippen LogP contribution >= 0.6 is 0 Å². The van der Waals surface area contributed by atoms with Crippen molar-refractivity contribution in [2.45, 2.75) is 26.3 Å². The number of likely N-dealkylation sites (tertiary alicyclic amines) is 1. The van der Waals surface area contributed by atoms with Crippen LogP contribution in [0.25, 0.3) is 0 Å². The normalized spacial score (nSPS) is 20.2. The summed E-state index contributed by atoms with van der Waals surface area (Å²) in [5.74, 6) is 0.172. The maximum Gasteiger partial charge on any atom is 0.236 e. The molecule has 0 saturated carbocycles. The number of hydrogen-bond donors (Lipinski definition) is 1. The molecule has 2 aromatic rings. The lowest BCUT2D eigenvalue weighted by Gasteiger charge is -2.37. The van der Waals surface area contributed by atoms with Crippen LogP contribution in [0.4, 0.5) is 5.69 Å². The second kappa shape index (κ2) is 10.7. The van der Waals surface area contributed by atoms with Crippen molar-refractivity contribution in [2.75, 3.05) is 51.1 Å². The number of rotatable bonds is 6. The highest BCUT2D eigenvalue weighted by atomic mass is 16.2. The molecular formula is C26H34N4O2. The molecule has 32 heavy (non-hydrogen) atoms. The Morgan fingerprint density at radius 2 is 1.72 bits per heavy atom. The van der Waals surface area contributed by atoms with Crippen LogP contribution in [0.15, 0.2) is 54.6 Å². The zero-order valence-electron chi connectivity index (χ0n) is 19.0. The number of hydrogen-bond acceptors (Lipinski definition) is 4. The second-order valence-electron chi connectivity index (χ2n) is 9.08. The third kappa shape index (κ3) is 6.17. The molecule has 2 saturated heterocycles. The number of para-hydroxylation sites is 1. The molecule has 2 heterocycles. The van der Waals surface area contributed by atoms with Gasteiger partial charge in [-0.25, -0.2) is 0 Å². The Balaban J connectivity index is 1.22. The monoisotopic (exact) mass is 434 g/mol. The Hall–Kier alpha value is -2.70. The van der Waals surface area contributed by atoms with Crippen LogP contribution in [0.1, 0.15) is 24.0 Å². The molecule has 2 aromatic carbocycles. The predicted molar refractivity (Wildman–Crippen MR) is 127 cm³/mol. The summed E-state index contributed by atoms with van der Waals surface area (Å²) in [5, 5.41) is 3.01. The highest BCUT2D eigenvalue weighted by Gasteiger charge is 2.29. The quantitative estimate of drug-likeness (QED) is 0.760. The summed E-state index contributed by atoms with van der Waals surface area (Å²) in [5.41, 5.74) is 3.45. The first-order valence-corrected chi connectivity index (χ1v) is 11.7. The fourth-order valence-electron chi connectivity index (χ4n) is 4.69. The van der Waals surface area contributed by atoms with E-state index in [-0.39, 0.29) is 17.7 Å². The molecule has 0 aromatic heterocycles. The number of nitrogens with zero attached hydrogens (tertiary/aromatic N) is 3. The zero-order chi connectivity index (χ0) is 22.3. The van der Waals surface area contributed by atoms with E-state index in [0.717, 1.165) is 57.8 Å². The van der Waals surface area contributed by atoms with Crippen LogP contribution in [0.5, 0.6) is 0 Å². The molecule has 1 atom stereocenters. The van der Waals surface area contributed by atoms with Gasteiger partial charge in [-0.1, -0.05) is 48.0 Å². The highest BCUT2D eigenvalue weighted by molar-refractivity contribution is 5.92. The Morgan fingerprint density at radius 1 is 0.938 bits per heavy atom. The van der Waals surface area contributed by atoms with Crippen LogP contribution in [-0.4, -0.2) is 72.3 Å². The average molecular weight is 435 g/mol. The third-order valence-corrected chi connectivity index (χ3v) is 6.49. The summed E-state index contributed by atoms with van der Waals surface area (Å²) in [4.78, 5) is 32.1. The topological polar surface area (TPSA) is 55.9 Å². The summed E-state index contributed by atoms with van der Waals surface area (Å²) in [6, 6.07) is 18.2. The van der Waals surface area contributed by atoms with Gasteiger partial charge in [0.05, 0.1) is 12.5 Å². The molecule has 1 unspecified atom stereocenters. The van der Waals surface area contributed by atoms with Crippen LogP contribution in [-0.2, 0) is 16.1 Å². The third-order valence-electron chi connectivity index (χ3n) is 6.49. The summed E-state index contributed by atoms with van der Waals surface area (Å²) >= 11 is 0. The van der Waals surface area contributed by atoms with E-state index in [9.17, 15) is 9.59 Å². The number of aryl methyl sites for hydroxylation is 1. The van der Waals surface area contributed by atoms with Gasteiger partial charge < -0.3 is 10.2 Å². The fraction of sp³-hybridized carbons (Fsp3) is 0.462. The van der Waals surface area contributed by atoms with E-state index in [1.54, 1.807) is 0 Å². The molecule has 6 nitrogen and oxygen atoms in total. The van der Waals surface area contributed by atoms with E-state index in [0.29, 0.717) is 13.1 Å². The number of benzene rings is 2. The standard InChI is InChI=1S/C26H34N4O2/c1-21-7-5-8-22(17-21)18-28-13-15-30(16-14-28)25(31)20-29-12-6-9-23(19-29)26(32)27-24-10-3-2-4-11-24/h2-5,7-8,10-11,17,23H,6,9,12-16,18-20H2,1H3,(H,27,32). The summed E-state index contributed by atoms with van der Waals surface area (Å²) < 4.78 is 0. The lowest BCUT2D eigenvalue weighted by atomic mass is 9.97. The predicted octanol–water partition coefficient (Wildman–Crippen LogP) is 2.99. The van der Waals surface area contributed by atoms with Crippen molar-refractivity contribution in [3.63, 3.8) is 0 Å². The van der Waals surface area contributed by atoms with E-state index >= 15 is 0 Å². The number of carbonyl (C=O) groups excluding carboxylic acids is 2. The van der Waals surface area contributed by atoms with Crippen molar-refractivity contribution < 1.29 is 9.59 Å². The molecule has 0 spiro atoms. The number of nitrogens with one attached hydrogen (secondary N) is 1. The van der Waals surface area contributed by atoms with Gasteiger partial charge in [-0.15, -0.1) is 0 Å². The van der Waals surface area contributed by atoms with Gasteiger partial charge in [0.15, 0.2) is 0 Å². The molecule has 2 aliphatic heterocycles. The molecule has 2 fully saturated rings. The molecular weight excluding hydrogens is 400 g/mol. The van der Waals surface area contributed by atoms with E-state index in [1.807, 2.05) is 35.2 Å². The largest absolute Gasteiger partial charge is 0.339 e. The average Bonchev–Trinajstić information content (AvgIpc) is 2.80. The Kier molecular flexibility index (Phi) is 7.55. The van der Waals surface area contributed by atoms with Crippen LogP contribution in [0, 0.1) is 12.8 Å². The minimum atomic E-state index is -0.0667. The molecule has 2 amide bonds. The van der Waals surface area contributed by atoms with Gasteiger partial charge in [-0.3, -0.25) is 19.4 Å². The summed E-state index contributed by atoms with van der Waals surface area (Å²) in [7, 11) is 0. The minimum absolute atomic E-state index is 0.0538. The number of amides is 2. The van der Waals surface area contributed by atoms with Crippen molar-refractivity contribution in [3.8, 4) is 0 Å². The van der Waals surface area contributed by atoms with Gasteiger partial charge in [-0.05, 0) is 44.0 Å². The number of piperazine rings is 1. The fourth-order valence-corrected chi connectivity index (χ4v) is 4.69. The lowest BCUT2D eigenvalue weighted by molar-refractivity contribution is -0.135. The molecule has 1 N–H and O–H groups in total. The maximum atomic E-state index is 12.9. The molecule has 170 valence electrons. The molecule has 2 aliphatic rings. The first kappa shape index (κ1) is 22.5. The van der Waals surface area contributed by atoms with Crippen molar-refractivity contribution in [3.05, 3.63) is 65.7 Å². The maximum absolute atomic E-state index is 12.9. The molecule has 0 radical (unpaired) electrons. The number of piperidine rings is 1. The van der Waals surface area contributed by atoms with Gasteiger partial charge in [0.2, 0.25) is 11.8 Å². The minimum Gasteiger partial charge on any atom is -0.339 e. The van der Waals surface area contributed by atoms with Crippen LogP contribution < -0.4 is 5.32 Å². The highest BCUT2D eigenvalue weighted by Crippen LogP contribution is 2.19. The van der Waals surface area contributed by atoms with Gasteiger partial charge in [0.25, 0.3) is 0 Å². The molecule has 0 bridgehead atoms. The Labute approximate surface area is 191 Å². The summed E-state index contributed by atoms with van der Waals surface area (Å²) in [6.45, 7) is 8.36. The molecule has 0 aliphatic carbocycles. The Bertz CT molecular complexity index is 909. The number of anilines is 1. The van der Waals surface area contributed by atoms with Gasteiger partial charge in [0, 0.05) is 45.0 Å². The van der Waals surface area contributed by atoms with Crippen molar-refractivity contribution >= 4 is 17.5 Å². The second-order valence-corrected chi connectivity index (χ2v) is 9.08. The first-order chi connectivity index (χ1) is 15.6. The smallest absolute Gasteiger partial charge is 0.236 e. The van der Waals surface area contributed by atoms with Crippen LogP contribution in [0.3, 0.4) is 0 Å². The van der Waals surface area contributed by atoms with Gasteiger partial charge >= 0.3 is 0 Å². The van der Waals surface area contributed by atoms with E-state index in [2.05, 4.69) is 46.3 Å². The van der Waals surface area contributed by atoms with Crippen molar-refractivity contribution in [1.29, 1.82) is 0 Å². The lowest BCUT2D eigenvalue weighted by Crippen LogP contribution is -2.52. The first-order valence-electron chi connectivity index (χ1n) is 11.7.